The molecule has 1 heterocycles. The Morgan fingerprint density at radius 2 is 1.34 bits per heavy atom. The van der Waals surface area contributed by atoms with Gasteiger partial charge in [0.1, 0.15) is 12.6 Å². The van der Waals surface area contributed by atoms with Crippen LogP contribution in [0.15, 0.2) is 128 Å². The van der Waals surface area contributed by atoms with Crippen LogP contribution >= 0.6 is 0 Å². The monoisotopic (exact) mass is 671 g/mol. The Kier molecular flexibility index (Phi) is 12.0. The number of carbonyl (C=O) groups excluding carboxylic acids is 4. The first-order chi connectivity index (χ1) is 24.2. The number of ether oxygens (including phenoxy) is 2. The van der Waals surface area contributed by atoms with Gasteiger partial charge in [0, 0.05) is 18.8 Å². The number of carbonyl (C=O) groups is 4. The van der Waals surface area contributed by atoms with E-state index in [0.717, 1.165) is 27.8 Å². The summed E-state index contributed by atoms with van der Waals surface area (Å²) in [6, 6.07) is 34.5. The third-order valence-corrected chi connectivity index (χ3v) is 8.26. The van der Waals surface area contributed by atoms with Gasteiger partial charge >= 0.3 is 11.9 Å². The van der Waals surface area contributed by atoms with Crippen molar-refractivity contribution in [2.24, 2.45) is 5.92 Å². The maximum atomic E-state index is 14.1. The fourth-order valence-corrected chi connectivity index (χ4v) is 5.40. The molecule has 2 amide bonds. The van der Waals surface area contributed by atoms with Crippen molar-refractivity contribution < 1.29 is 28.7 Å². The average Bonchev–Trinajstić information content (AvgIpc) is 3.65. The second kappa shape index (κ2) is 16.9. The van der Waals surface area contributed by atoms with E-state index in [1.165, 1.54) is 24.3 Å². The van der Waals surface area contributed by atoms with E-state index in [9.17, 15) is 19.2 Å². The summed E-state index contributed by atoms with van der Waals surface area (Å²) in [6.45, 7) is 4.08. The molecule has 0 fully saturated rings. The molecule has 9 nitrogen and oxygen atoms in total. The van der Waals surface area contributed by atoms with Crippen LogP contribution in [0.4, 0.5) is 5.69 Å². The quantitative estimate of drug-likeness (QED) is 0.101. The Labute approximate surface area is 292 Å². The van der Waals surface area contributed by atoms with Gasteiger partial charge in [-0.15, -0.1) is 0 Å². The smallest absolute Gasteiger partial charge is 0.337 e. The van der Waals surface area contributed by atoms with Gasteiger partial charge in [-0.1, -0.05) is 98.8 Å². The third-order valence-electron chi connectivity index (χ3n) is 8.26. The number of anilines is 1. The van der Waals surface area contributed by atoms with Gasteiger partial charge in [-0.2, -0.15) is 0 Å². The van der Waals surface area contributed by atoms with E-state index in [1.807, 2.05) is 98.9 Å². The van der Waals surface area contributed by atoms with Gasteiger partial charge in [-0.3, -0.25) is 19.8 Å². The SMILES string of the molecule is COC(=O)c1ccc(N(NC(=O)C(CC(=O)OCc2ccccc2)n2ccc(-c3ccc(-c4ccccc4)cc3)c2)C(=O)CCC(C)C)cc1. The summed E-state index contributed by atoms with van der Waals surface area (Å²) >= 11 is 0. The summed E-state index contributed by atoms with van der Waals surface area (Å²) in [5.74, 6) is -1.76. The molecule has 50 heavy (non-hydrogen) atoms. The van der Waals surface area contributed by atoms with Crippen LogP contribution in [0.2, 0.25) is 0 Å². The average molecular weight is 672 g/mol. The van der Waals surface area contributed by atoms with Crippen molar-refractivity contribution in [1.82, 2.24) is 9.99 Å². The van der Waals surface area contributed by atoms with E-state index in [-0.39, 0.29) is 31.3 Å². The molecule has 0 spiro atoms. The summed E-state index contributed by atoms with van der Waals surface area (Å²) in [6.07, 6.45) is 4.04. The van der Waals surface area contributed by atoms with E-state index >= 15 is 0 Å². The normalized spacial score (nSPS) is 11.4. The lowest BCUT2D eigenvalue weighted by Gasteiger charge is -2.27. The number of esters is 2. The number of methoxy groups -OCH3 is 1. The molecule has 0 bridgehead atoms. The molecule has 5 aromatic rings. The van der Waals surface area contributed by atoms with Crippen molar-refractivity contribution in [3.05, 3.63) is 139 Å². The van der Waals surface area contributed by atoms with Crippen molar-refractivity contribution in [3.8, 4) is 22.3 Å². The molecule has 9 heteroatoms. The summed E-state index contributed by atoms with van der Waals surface area (Å²) in [4.78, 5) is 52.9. The first-order valence-corrected chi connectivity index (χ1v) is 16.6. The first-order valence-electron chi connectivity index (χ1n) is 16.6. The van der Waals surface area contributed by atoms with E-state index in [4.69, 9.17) is 9.47 Å². The van der Waals surface area contributed by atoms with Crippen LogP contribution in [0.1, 0.15) is 55.1 Å². The number of hydrazine groups is 1. The second-order valence-electron chi connectivity index (χ2n) is 12.3. The molecule has 1 atom stereocenters. The van der Waals surface area contributed by atoms with Crippen molar-refractivity contribution >= 4 is 29.4 Å². The Bertz CT molecular complexity index is 1880. The molecular weight excluding hydrogens is 630 g/mol. The number of aromatic nitrogens is 1. The molecule has 1 N–H and O–H groups in total. The van der Waals surface area contributed by atoms with Crippen molar-refractivity contribution in [2.45, 2.75) is 45.8 Å². The predicted octanol–water partition coefficient (Wildman–Crippen LogP) is 7.78. The molecule has 4 aromatic carbocycles. The zero-order valence-corrected chi connectivity index (χ0v) is 28.5. The number of hydrogen-bond acceptors (Lipinski definition) is 6. The van der Waals surface area contributed by atoms with E-state index < -0.39 is 23.9 Å². The fraction of sp³-hybridized carbons (Fsp3) is 0.220. The number of hydrogen-bond donors (Lipinski definition) is 1. The van der Waals surface area contributed by atoms with Gasteiger partial charge in [-0.05, 0) is 70.5 Å². The van der Waals surface area contributed by atoms with E-state index in [2.05, 4.69) is 17.6 Å². The molecule has 1 unspecified atom stereocenters. The Morgan fingerprint density at radius 1 is 0.740 bits per heavy atom. The molecule has 0 aliphatic rings. The topological polar surface area (TPSA) is 107 Å². The number of benzene rings is 4. The molecule has 0 saturated heterocycles. The molecule has 0 aliphatic carbocycles. The first kappa shape index (κ1) is 35.3. The predicted molar refractivity (Wildman–Crippen MR) is 193 cm³/mol. The number of amides is 2. The highest BCUT2D eigenvalue weighted by molar-refractivity contribution is 5.98. The maximum Gasteiger partial charge on any atom is 0.337 e. The summed E-state index contributed by atoms with van der Waals surface area (Å²) in [5.41, 5.74) is 8.22. The van der Waals surface area contributed by atoms with Gasteiger partial charge in [-0.25, -0.2) is 9.80 Å². The molecule has 1 aromatic heterocycles. The number of rotatable bonds is 13. The maximum absolute atomic E-state index is 14.1. The minimum atomic E-state index is -1.05. The van der Waals surface area contributed by atoms with Gasteiger partial charge in [0.2, 0.25) is 5.91 Å². The van der Waals surface area contributed by atoms with Crippen LogP contribution in [0, 0.1) is 5.92 Å². The standard InChI is InChI=1S/C41H41N3O6/c1-29(2)14-23-38(45)44(36-21-19-34(20-22-36)41(48)49-3)42-40(47)37(26-39(46)50-28-30-10-6-4-7-11-30)43-25-24-35(27-43)33-17-15-32(16-18-33)31-12-8-5-9-13-31/h4-13,15-22,24-25,27,29,37H,14,23,26,28H2,1-3H3,(H,42,47). The molecule has 0 saturated carbocycles. The molecule has 0 aliphatic heterocycles. The van der Waals surface area contributed by atoms with Crippen molar-refractivity contribution in [1.29, 1.82) is 0 Å². The van der Waals surface area contributed by atoms with Gasteiger partial charge in [0.15, 0.2) is 0 Å². The van der Waals surface area contributed by atoms with Crippen LogP contribution < -0.4 is 10.4 Å². The van der Waals surface area contributed by atoms with Crippen LogP contribution in [-0.4, -0.2) is 35.4 Å². The minimum absolute atomic E-state index is 0.0606. The van der Waals surface area contributed by atoms with E-state index in [0.29, 0.717) is 17.7 Å². The van der Waals surface area contributed by atoms with Crippen LogP contribution in [0.5, 0.6) is 0 Å². The molecular formula is C41H41N3O6. The van der Waals surface area contributed by atoms with Gasteiger partial charge in [0.05, 0.1) is 24.8 Å². The lowest BCUT2D eigenvalue weighted by molar-refractivity contribution is -0.147. The molecule has 256 valence electrons. The lowest BCUT2D eigenvalue weighted by atomic mass is 10.0. The Morgan fingerprint density at radius 3 is 1.96 bits per heavy atom. The largest absolute Gasteiger partial charge is 0.465 e. The van der Waals surface area contributed by atoms with Gasteiger partial charge < -0.3 is 14.0 Å². The van der Waals surface area contributed by atoms with E-state index in [1.54, 1.807) is 22.9 Å². The highest BCUT2D eigenvalue weighted by Crippen LogP contribution is 2.27. The highest BCUT2D eigenvalue weighted by atomic mass is 16.5. The fourth-order valence-electron chi connectivity index (χ4n) is 5.40. The minimum Gasteiger partial charge on any atom is -0.465 e. The zero-order valence-electron chi connectivity index (χ0n) is 28.5. The van der Waals surface area contributed by atoms with Crippen molar-refractivity contribution in [3.63, 3.8) is 0 Å². The second-order valence-corrected chi connectivity index (χ2v) is 12.3. The van der Waals surface area contributed by atoms with Crippen LogP contribution in [0.3, 0.4) is 0 Å². The Hall–Kier alpha value is -5.96. The number of nitrogens with one attached hydrogen (secondary N) is 1. The van der Waals surface area contributed by atoms with Crippen molar-refractivity contribution in [2.75, 3.05) is 12.1 Å². The zero-order chi connectivity index (χ0) is 35.5. The Balaban J connectivity index is 1.41. The highest BCUT2D eigenvalue weighted by Gasteiger charge is 2.29. The lowest BCUT2D eigenvalue weighted by Crippen LogP contribution is -2.49. The summed E-state index contributed by atoms with van der Waals surface area (Å²) in [5, 5.41) is 1.18. The third kappa shape index (κ3) is 9.35. The van der Waals surface area contributed by atoms with Crippen LogP contribution in [-0.2, 0) is 30.5 Å². The number of nitrogens with zero attached hydrogens (tertiary/aromatic N) is 2. The summed E-state index contributed by atoms with van der Waals surface area (Å²) < 4.78 is 12.0. The summed E-state index contributed by atoms with van der Waals surface area (Å²) in [7, 11) is 1.29. The van der Waals surface area contributed by atoms with Gasteiger partial charge in [0.25, 0.3) is 5.91 Å². The molecule has 0 radical (unpaired) electrons. The molecule has 5 rings (SSSR count). The van der Waals surface area contributed by atoms with Crippen LogP contribution in [0.25, 0.3) is 22.3 Å².